The second-order valence-corrected chi connectivity index (χ2v) is 8.92. The van der Waals surface area contributed by atoms with Crippen LogP contribution in [0.4, 0.5) is 5.69 Å². The molecular weight excluding hydrogens is 462 g/mol. The van der Waals surface area contributed by atoms with Gasteiger partial charge in [0.2, 0.25) is 11.8 Å². The molecular formula is C27H35N3O6. The fourth-order valence-corrected chi connectivity index (χ4v) is 4.09. The number of nitrogens with zero attached hydrogens (tertiary/aromatic N) is 1. The number of aliphatic hydroxyl groups excluding tert-OH is 1. The molecule has 0 radical (unpaired) electrons. The Morgan fingerprint density at radius 1 is 1.06 bits per heavy atom. The summed E-state index contributed by atoms with van der Waals surface area (Å²) in [5.41, 5.74) is 4.89. The number of carbonyl (C=O) groups excluding carboxylic acids is 2. The van der Waals surface area contributed by atoms with E-state index < -0.39 is 12.2 Å². The first-order valence-electron chi connectivity index (χ1n) is 12.0. The average molecular weight is 498 g/mol. The van der Waals surface area contributed by atoms with Gasteiger partial charge >= 0.3 is 0 Å². The first kappa shape index (κ1) is 27.5. The van der Waals surface area contributed by atoms with Gasteiger partial charge in [-0.15, -0.1) is 6.58 Å². The smallest absolute Gasteiger partial charge is 0.243 e. The minimum absolute atomic E-state index is 0.00656. The molecule has 0 aliphatic carbocycles. The van der Waals surface area contributed by atoms with Crippen molar-refractivity contribution in [2.45, 2.75) is 50.8 Å². The minimum atomic E-state index is -0.579. The molecule has 3 rings (SSSR count). The van der Waals surface area contributed by atoms with Crippen LogP contribution < -0.4 is 10.8 Å². The second kappa shape index (κ2) is 13.9. The fourth-order valence-electron chi connectivity index (χ4n) is 4.09. The molecule has 9 nitrogen and oxygen atoms in total. The number of hydroxylamine groups is 1. The summed E-state index contributed by atoms with van der Waals surface area (Å²) in [6, 6.07) is 15.1. The molecule has 1 fully saturated rings. The van der Waals surface area contributed by atoms with Crippen molar-refractivity contribution >= 4 is 17.5 Å². The molecule has 2 aromatic rings. The Balaban J connectivity index is 1.67. The van der Waals surface area contributed by atoms with Gasteiger partial charge < -0.3 is 24.8 Å². The van der Waals surface area contributed by atoms with E-state index in [1.165, 1.54) is 0 Å². The minimum Gasteiger partial charge on any atom is -0.392 e. The number of amides is 2. The third-order valence-corrected chi connectivity index (χ3v) is 5.97. The summed E-state index contributed by atoms with van der Waals surface area (Å²) in [5, 5.41) is 20.7. The van der Waals surface area contributed by atoms with Gasteiger partial charge in [-0.3, -0.25) is 14.8 Å². The van der Waals surface area contributed by atoms with E-state index >= 15 is 0 Å². The first-order valence-corrected chi connectivity index (χ1v) is 12.0. The van der Waals surface area contributed by atoms with Crippen LogP contribution >= 0.6 is 0 Å². The molecule has 0 spiro atoms. The SMILES string of the molecule is C=CCN(C)C[C@@H]1C[C@H](c2ccc(CO)cc2)O[C@H](c2ccc(NC(=O)CCCC(=O)NO)cc2)O1. The van der Waals surface area contributed by atoms with Gasteiger partial charge in [-0.1, -0.05) is 42.5 Å². The largest absolute Gasteiger partial charge is 0.392 e. The molecule has 9 heteroatoms. The van der Waals surface area contributed by atoms with Gasteiger partial charge in [0.1, 0.15) is 0 Å². The highest BCUT2D eigenvalue weighted by atomic mass is 16.7. The van der Waals surface area contributed by atoms with Crippen LogP contribution in [0.25, 0.3) is 0 Å². The summed E-state index contributed by atoms with van der Waals surface area (Å²) in [6.45, 7) is 5.27. The summed E-state index contributed by atoms with van der Waals surface area (Å²) in [5.74, 6) is -0.730. The van der Waals surface area contributed by atoms with Crippen LogP contribution in [0.15, 0.2) is 61.2 Å². The van der Waals surface area contributed by atoms with Crippen molar-refractivity contribution in [1.82, 2.24) is 10.4 Å². The molecule has 1 heterocycles. The van der Waals surface area contributed by atoms with E-state index in [1.807, 2.05) is 49.5 Å². The number of rotatable bonds is 12. The number of nitrogens with one attached hydrogen (secondary N) is 2. The molecule has 2 aromatic carbocycles. The molecule has 36 heavy (non-hydrogen) atoms. The zero-order chi connectivity index (χ0) is 25.9. The molecule has 2 amide bonds. The molecule has 1 saturated heterocycles. The quantitative estimate of drug-likeness (QED) is 0.201. The van der Waals surface area contributed by atoms with Crippen LogP contribution in [-0.4, -0.2) is 53.3 Å². The maximum atomic E-state index is 12.1. The van der Waals surface area contributed by atoms with Crippen molar-refractivity contribution < 1.29 is 29.4 Å². The van der Waals surface area contributed by atoms with Crippen molar-refractivity contribution in [3.05, 3.63) is 77.9 Å². The van der Waals surface area contributed by atoms with E-state index in [1.54, 1.807) is 17.6 Å². The highest BCUT2D eigenvalue weighted by Crippen LogP contribution is 2.38. The lowest BCUT2D eigenvalue weighted by molar-refractivity contribution is -0.252. The number of ether oxygens (including phenoxy) is 2. The van der Waals surface area contributed by atoms with Crippen LogP contribution in [0.3, 0.4) is 0 Å². The predicted octanol–water partition coefficient (Wildman–Crippen LogP) is 3.46. The molecule has 1 aliphatic rings. The van der Waals surface area contributed by atoms with Gasteiger partial charge in [0.25, 0.3) is 0 Å². The molecule has 3 atom stereocenters. The first-order chi connectivity index (χ1) is 17.4. The normalized spacial score (nSPS) is 19.6. The Morgan fingerprint density at radius 3 is 2.36 bits per heavy atom. The molecule has 0 aromatic heterocycles. The van der Waals surface area contributed by atoms with Gasteiger partial charge in [0.05, 0.1) is 18.8 Å². The van der Waals surface area contributed by atoms with Crippen molar-refractivity contribution in [3.8, 4) is 0 Å². The molecule has 194 valence electrons. The highest BCUT2D eigenvalue weighted by molar-refractivity contribution is 5.91. The molecule has 4 N–H and O–H groups in total. The number of aliphatic hydroxyl groups is 1. The molecule has 1 aliphatic heterocycles. The fraction of sp³-hybridized carbons (Fsp3) is 0.407. The summed E-state index contributed by atoms with van der Waals surface area (Å²) in [4.78, 5) is 25.3. The van der Waals surface area contributed by atoms with Gasteiger partial charge in [-0.2, -0.15) is 0 Å². The summed E-state index contributed by atoms with van der Waals surface area (Å²) >= 11 is 0. The number of likely N-dealkylation sites (N-methyl/N-ethyl adjacent to an activating group) is 1. The van der Waals surface area contributed by atoms with Crippen molar-refractivity contribution in [2.24, 2.45) is 0 Å². The van der Waals surface area contributed by atoms with Gasteiger partial charge in [-0.25, -0.2) is 5.48 Å². The Labute approximate surface area is 211 Å². The lowest BCUT2D eigenvalue weighted by Crippen LogP contribution is -2.37. The number of hydrogen-bond acceptors (Lipinski definition) is 7. The number of carbonyl (C=O) groups is 2. The Kier molecular flexibility index (Phi) is 10.6. The molecule has 0 unspecified atom stereocenters. The zero-order valence-corrected chi connectivity index (χ0v) is 20.6. The van der Waals surface area contributed by atoms with E-state index in [0.29, 0.717) is 18.5 Å². The second-order valence-electron chi connectivity index (χ2n) is 8.92. The van der Waals surface area contributed by atoms with E-state index in [2.05, 4.69) is 16.8 Å². The van der Waals surface area contributed by atoms with Crippen LogP contribution in [-0.2, 0) is 25.7 Å². The highest BCUT2D eigenvalue weighted by Gasteiger charge is 2.32. The van der Waals surface area contributed by atoms with Crippen LogP contribution in [0, 0.1) is 0 Å². The zero-order valence-electron chi connectivity index (χ0n) is 20.6. The summed E-state index contributed by atoms with van der Waals surface area (Å²) in [6.07, 6.45) is 2.32. The Hall–Kier alpha value is -3.08. The van der Waals surface area contributed by atoms with Crippen molar-refractivity contribution in [3.63, 3.8) is 0 Å². The Bertz CT molecular complexity index is 996. The van der Waals surface area contributed by atoms with Gasteiger partial charge in [-0.05, 0) is 36.7 Å². The van der Waals surface area contributed by atoms with Gasteiger partial charge in [0.15, 0.2) is 6.29 Å². The summed E-state index contributed by atoms with van der Waals surface area (Å²) < 4.78 is 12.7. The van der Waals surface area contributed by atoms with Crippen LogP contribution in [0.1, 0.15) is 54.8 Å². The van der Waals surface area contributed by atoms with E-state index in [-0.39, 0.29) is 37.6 Å². The van der Waals surface area contributed by atoms with Gasteiger partial charge in [0, 0.05) is 43.6 Å². The maximum Gasteiger partial charge on any atom is 0.243 e. The lowest BCUT2D eigenvalue weighted by atomic mass is 9.99. The summed E-state index contributed by atoms with van der Waals surface area (Å²) in [7, 11) is 2.02. The standard InChI is InChI=1S/C27H35N3O6/c1-3-15-30(2)17-23-16-24(20-9-7-19(18-31)8-10-20)36-27(35-23)21-11-13-22(14-12-21)28-25(32)5-4-6-26(33)29-34/h3,7-14,23-24,27,31,34H,1,4-6,15-18H2,2H3,(H,28,32)(H,29,33)/t23-,24+,27+/m0/s1. The number of benzene rings is 2. The topological polar surface area (TPSA) is 120 Å². The Morgan fingerprint density at radius 2 is 1.72 bits per heavy atom. The van der Waals surface area contributed by atoms with Crippen molar-refractivity contribution in [2.75, 3.05) is 25.5 Å². The van der Waals surface area contributed by atoms with E-state index in [4.69, 9.17) is 14.7 Å². The average Bonchev–Trinajstić information content (AvgIpc) is 2.89. The van der Waals surface area contributed by atoms with Crippen LogP contribution in [0.5, 0.6) is 0 Å². The molecule has 0 saturated carbocycles. The maximum absolute atomic E-state index is 12.1. The van der Waals surface area contributed by atoms with Crippen LogP contribution in [0.2, 0.25) is 0 Å². The molecule has 0 bridgehead atoms. The third kappa shape index (κ3) is 8.25. The van der Waals surface area contributed by atoms with E-state index in [9.17, 15) is 14.7 Å². The third-order valence-electron chi connectivity index (χ3n) is 5.97. The number of hydrogen-bond donors (Lipinski definition) is 4. The van der Waals surface area contributed by atoms with E-state index in [0.717, 1.165) is 29.8 Å². The van der Waals surface area contributed by atoms with Crippen molar-refractivity contribution in [1.29, 1.82) is 0 Å². The lowest BCUT2D eigenvalue weighted by Gasteiger charge is -2.37. The number of anilines is 1. The monoisotopic (exact) mass is 497 g/mol. The predicted molar refractivity (Wildman–Crippen MR) is 135 cm³/mol.